The maximum Gasteiger partial charge on any atom is 0.348 e. The monoisotopic (exact) mass is 200 g/mol. The van der Waals surface area contributed by atoms with Crippen LogP contribution in [0.1, 0.15) is 18.4 Å². The molecule has 1 aliphatic rings. The molecule has 0 saturated carbocycles. The van der Waals surface area contributed by atoms with Crippen molar-refractivity contribution in [2.45, 2.75) is 25.8 Å². The molecule has 0 aliphatic carbocycles. The van der Waals surface area contributed by atoms with Gasteiger partial charge in [0.05, 0.1) is 5.52 Å². The highest BCUT2D eigenvalue weighted by Gasteiger charge is 2.11. The van der Waals surface area contributed by atoms with Crippen molar-refractivity contribution in [2.75, 3.05) is 0 Å². The lowest BCUT2D eigenvalue weighted by Crippen LogP contribution is -2.22. The smallest absolute Gasteiger partial charge is 0.292 e. The maximum absolute atomic E-state index is 11.7. The van der Waals surface area contributed by atoms with E-state index in [1.807, 2.05) is 16.7 Å². The Morgan fingerprint density at radius 3 is 3.13 bits per heavy atom. The summed E-state index contributed by atoms with van der Waals surface area (Å²) in [7, 11) is 0. The molecular formula is C12H12N2O. The van der Waals surface area contributed by atoms with Gasteiger partial charge in [0.15, 0.2) is 0 Å². The Labute approximate surface area is 87.4 Å². The van der Waals surface area contributed by atoms with Crippen molar-refractivity contribution in [1.82, 2.24) is 9.55 Å². The number of nitrogens with zero attached hydrogens (tertiary/aromatic N) is 2. The predicted molar refractivity (Wildman–Crippen MR) is 58.9 cm³/mol. The molecule has 3 rings (SSSR count). The fourth-order valence-corrected chi connectivity index (χ4v) is 2.33. The molecule has 2 aromatic rings. The molecule has 0 N–H and O–H groups in total. The Morgan fingerprint density at radius 2 is 2.20 bits per heavy atom. The van der Waals surface area contributed by atoms with Crippen molar-refractivity contribution in [3.05, 3.63) is 40.4 Å². The largest absolute Gasteiger partial charge is 0.348 e. The quantitative estimate of drug-likeness (QED) is 0.649. The Balaban J connectivity index is 2.49. The second-order valence-corrected chi connectivity index (χ2v) is 4.00. The van der Waals surface area contributed by atoms with E-state index in [9.17, 15) is 4.79 Å². The number of aryl methyl sites for hydroxylation is 2. The molecule has 0 bridgehead atoms. The Kier molecular flexibility index (Phi) is 1.84. The molecule has 3 heteroatoms. The van der Waals surface area contributed by atoms with E-state index in [2.05, 4.69) is 11.1 Å². The maximum atomic E-state index is 11.7. The molecule has 3 nitrogen and oxygen atoms in total. The predicted octanol–water partition coefficient (Wildman–Crippen LogP) is 1.73. The van der Waals surface area contributed by atoms with Crippen molar-refractivity contribution in [2.24, 2.45) is 0 Å². The van der Waals surface area contributed by atoms with Crippen LogP contribution in [-0.4, -0.2) is 9.55 Å². The first-order valence-corrected chi connectivity index (χ1v) is 5.34. The summed E-state index contributed by atoms with van der Waals surface area (Å²) in [6.45, 7) is 0.806. The fourth-order valence-electron chi connectivity index (χ4n) is 2.33. The van der Waals surface area contributed by atoms with Crippen molar-refractivity contribution >= 4 is 10.9 Å². The van der Waals surface area contributed by atoms with Gasteiger partial charge in [-0.2, -0.15) is 0 Å². The van der Waals surface area contributed by atoms with Gasteiger partial charge in [-0.25, -0.2) is 9.78 Å². The second kappa shape index (κ2) is 3.19. The number of benzene rings is 1. The van der Waals surface area contributed by atoms with E-state index in [-0.39, 0.29) is 5.69 Å². The average molecular weight is 200 g/mol. The molecule has 1 aliphatic heterocycles. The highest BCUT2D eigenvalue weighted by molar-refractivity contribution is 5.81. The number of hydrogen-bond acceptors (Lipinski definition) is 2. The molecule has 0 amide bonds. The molecule has 0 saturated heterocycles. The van der Waals surface area contributed by atoms with Crippen LogP contribution in [0, 0.1) is 0 Å². The van der Waals surface area contributed by atoms with Gasteiger partial charge in [0, 0.05) is 18.1 Å². The Bertz CT molecular complexity index is 571. The van der Waals surface area contributed by atoms with Crippen LogP contribution in [0.3, 0.4) is 0 Å². The molecule has 1 aromatic heterocycles. The summed E-state index contributed by atoms with van der Waals surface area (Å²) in [5.41, 5.74) is 2.26. The zero-order valence-electron chi connectivity index (χ0n) is 8.44. The third kappa shape index (κ3) is 1.27. The SMILES string of the molecule is O=c1ncc2cccc3c2n1CCCC3. The van der Waals surface area contributed by atoms with E-state index in [1.165, 1.54) is 5.56 Å². The molecule has 0 radical (unpaired) electrons. The van der Waals surface area contributed by atoms with Crippen molar-refractivity contribution in [3.8, 4) is 0 Å². The Hall–Kier alpha value is -1.64. The van der Waals surface area contributed by atoms with E-state index >= 15 is 0 Å². The normalized spacial score (nSPS) is 15.2. The molecule has 0 fully saturated rings. The summed E-state index contributed by atoms with van der Waals surface area (Å²) in [5, 5.41) is 1.08. The molecule has 0 atom stereocenters. The first-order chi connectivity index (χ1) is 7.36. The number of para-hydroxylation sites is 1. The van der Waals surface area contributed by atoms with Gasteiger partial charge in [-0.05, 0) is 24.8 Å². The zero-order chi connectivity index (χ0) is 10.3. The minimum atomic E-state index is -0.114. The molecule has 76 valence electrons. The van der Waals surface area contributed by atoms with Crippen LogP contribution in [0.25, 0.3) is 10.9 Å². The minimum Gasteiger partial charge on any atom is -0.292 e. The van der Waals surface area contributed by atoms with Gasteiger partial charge in [0.25, 0.3) is 0 Å². The van der Waals surface area contributed by atoms with E-state index < -0.39 is 0 Å². The van der Waals surface area contributed by atoms with Gasteiger partial charge >= 0.3 is 5.69 Å². The van der Waals surface area contributed by atoms with Crippen LogP contribution in [0.2, 0.25) is 0 Å². The lowest BCUT2D eigenvalue weighted by atomic mass is 10.1. The topological polar surface area (TPSA) is 34.9 Å². The summed E-state index contributed by atoms with van der Waals surface area (Å²) >= 11 is 0. The highest BCUT2D eigenvalue weighted by atomic mass is 16.1. The van der Waals surface area contributed by atoms with Gasteiger partial charge in [-0.3, -0.25) is 4.57 Å². The van der Waals surface area contributed by atoms with Gasteiger partial charge in [-0.1, -0.05) is 18.2 Å². The molecule has 1 aromatic carbocycles. The van der Waals surface area contributed by atoms with E-state index in [4.69, 9.17) is 0 Å². The third-order valence-electron chi connectivity index (χ3n) is 3.04. The molecular weight excluding hydrogens is 188 g/mol. The van der Waals surface area contributed by atoms with E-state index in [0.29, 0.717) is 0 Å². The van der Waals surface area contributed by atoms with Gasteiger partial charge in [-0.15, -0.1) is 0 Å². The number of rotatable bonds is 0. The molecule has 0 unspecified atom stereocenters. The molecule has 15 heavy (non-hydrogen) atoms. The van der Waals surface area contributed by atoms with Crippen LogP contribution in [0.15, 0.2) is 29.2 Å². The molecule has 0 spiro atoms. The van der Waals surface area contributed by atoms with Crippen LogP contribution >= 0.6 is 0 Å². The van der Waals surface area contributed by atoms with Gasteiger partial charge in [0.2, 0.25) is 0 Å². The van der Waals surface area contributed by atoms with Crippen LogP contribution in [0.5, 0.6) is 0 Å². The van der Waals surface area contributed by atoms with Crippen molar-refractivity contribution in [3.63, 3.8) is 0 Å². The van der Waals surface area contributed by atoms with E-state index in [0.717, 1.165) is 36.7 Å². The van der Waals surface area contributed by atoms with Crippen molar-refractivity contribution in [1.29, 1.82) is 0 Å². The number of hydrogen-bond donors (Lipinski definition) is 0. The summed E-state index contributed by atoms with van der Waals surface area (Å²) in [6, 6.07) is 6.18. The lowest BCUT2D eigenvalue weighted by molar-refractivity contribution is 0.619. The van der Waals surface area contributed by atoms with Crippen LogP contribution in [-0.2, 0) is 13.0 Å². The number of aromatic nitrogens is 2. The van der Waals surface area contributed by atoms with E-state index in [1.54, 1.807) is 6.20 Å². The average Bonchev–Trinajstić information content (AvgIpc) is 2.48. The first-order valence-electron chi connectivity index (χ1n) is 5.34. The molecule has 2 heterocycles. The lowest BCUT2D eigenvalue weighted by Gasteiger charge is -2.08. The first kappa shape index (κ1) is 8.65. The summed E-state index contributed by atoms with van der Waals surface area (Å²) in [6.07, 6.45) is 4.97. The highest BCUT2D eigenvalue weighted by Crippen LogP contribution is 2.21. The minimum absolute atomic E-state index is 0.114. The summed E-state index contributed by atoms with van der Waals surface area (Å²) < 4.78 is 1.82. The van der Waals surface area contributed by atoms with Crippen LogP contribution in [0.4, 0.5) is 0 Å². The summed E-state index contributed by atoms with van der Waals surface area (Å²) in [4.78, 5) is 15.6. The van der Waals surface area contributed by atoms with Crippen LogP contribution < -0.4 is 5.69 Å². The van der Waals surface area contributed by atoms with Gasteiger partial charge in [0.1, 0.15) is 0 Å². The second-order valence-electron chi connectivity index (χ2n) is 4.00. The zero-order valence-corrected chi connectivity index (χ0v) is 8.44. The van der Waals surface area contributed by atoms with Crippen molar-refractivity contribution < 1.29 is 0 Å². The fraction of sp³-hybridized carbons (Fsp3) is 0.333. The third-order valence-corrected chi connectivity index (χ3v) is 3.04. The Morgan fingerprint density at radius 1 is 1.27 bits per heavy atom. The van der Waals surface area contributed by atoms with Gasteiger partial charge < -0.3 is 0 Å². The summed E-state index contributed by atoms with van der Waals surface area (Å²) in [5.74, 6) is 0. The standard InChI is InChI=1S/C12H12N2O/c15-12-13-8-10-6-3-5-9-4-1-2-7-14(12)11(9)10/h3,5-6,8H,1-2,4,7H2.